The fourth-order valence-corrected chi connectivity index (χ4v) is 3.60. The highest BCUT2D eigenvalue weighted by atomic mass is 16.5. The normalized spacial score (nSPS) is 11.9. The highest BCUT2D eigenvalue weighted by Crippen LogP contribution is 2.26. The Labute approximate surface area is 165 Å². The van der Waals surface area contributed by atoms with Crippen molar-refractivity contribution >= 4 is 17.7 Å². The van der Waals surface area contributed by atoms with Gasteiger partial charge in [0.1, 0.15) is 5.69 Å². The lowest BCUT2D eigenvalue weighted by atomic mass is 9.99. The number of likely N-dealkylation sites (N-methyl/N-ethyl adjacent to an activating group) is 1. The van der Waals surface area contributed by atoms with Gasteiger partial charge in [0.2, 0.25) is 0 Å². The first-order chi connectivity index (χ1) is 13.3. The summed E-state index contributed by atoms with van der Waals surface area (Å²) in [5, 5.41) is 0. The van der Waals surface area contributed by atoms with Gasteiger partial charge in [0.25, 0.3) is 5.91 Å². The third-order valence-electron chi connectivity index (χ3n) is 4.98. The van der Waals surface area contributed by atoms with Crippen LogP contribution >= 0.6 is 0 Å². The monoisotopic (exact) mass is 388 g/mol. The summed E-state index contributed by atoms with van der Waals surface area (Å²) in [5.74, 6) is -0.817. The van der Waals surface area contributed by atoms with Crippen LogP contribution in [-0.2, 0) is 11.3 Å². The van der Waals surface area contributed by atoms with Gasteiger partial charge in [0.15, 0.2) is 11.5 Å². The molecule has 0 bridgehead atoms. The summed E-state index contributed by atoms with van der Waals surface area (Å²) in [4.78, 5) is 39.9. The topological polar surface area (TPSA) is 81.8 Å². The molecule has 1 atom stereocenters. The largest absolute Gasteiger partial charge is 0.461 e. The number of hydrogen-bond donors (Lipinski definition) is 0. The third-order valence-corrected chi connectivity index (χ3v) is 4.98. The molecule has 1 amide bonds. The van der Waals surface area contributed by atoms with Gasteiger partial charge in [-0.25, -0.2) is 4.79 Å². The maximum atomic E-state index is 13.3. The van der Waals surface area contributed by atoms with Crippen molar-refractivity contribution in [3.05, 3.63) is 46.7 Å². The zero-order chi connectivity index (χ0) is 21.0. The zero-order valence-corrected chi connectivity index (χ0v) is 17.4. The Kier molecular flexibility index (Phi) is 6.83. The van der Waals surface area contributed by atoms with Crippen molar-refractivity contribution in [3.8, 4) is 0 Å². The number of hydrogen-bond acceptors (Lipinski definition) is 5. The predicted octanol–water partition coefficient (Wildman–Crippen LogP) is 3.63. The molecular formula is C21H28N2O5. The second kappa shape index (κ2) is 8.91. The Morgan fingerprint density at radius 3 is 2.39 bits per heavy atom. The highest BCUT2D eigenvalue weighted by molar-refractivity contribution is 6.07. The lowest BCUT2D eigenvalue weighted by Gasteiger charge is -2.26. The van der Waals surface area contributed by atoms with Gasteiger partial charge < -0.3 is 18.6 Å². The fraction of sp³-hybridized carbons (Fsp3) is 0.476. The van der Waals surface area contributed by atoms with Crippen LogP contribution in [0.2, 0.25) is 0 Å². The summed E-state index contributed by atoms with van der Waals surface area (Å²) in [6.45, 7) is 11.9. The van der Waals surface area contributed by atoms with Crippen LogP contribution in [0.15, 0.2) is 22.8 Å². The van der Waals surface area contributed by atoms with Crippen LogP contribution in [0.25, 0.3) is 0 Å². The molecule has 2 aromatic heterocycles. The molecule has 2 aromatic rings. The third kappa shape index (κ3) is 3.74. The van der Waals surface area contributed by atoms with E-state index in [-0.39, 0.29) is 24.1 Å². The molecule has 1 unspecified atom stereocenters. The van der Waals surface area contributed by atoms with E-state index in [0.29, 0.717) is 35.6 Å². The molecule has 7 nitrogen and oxygen atoms in total. The Balaban J connectivity index is 2.44. The van der Waals surface area contributed by atoms with E-state index in [4.69, 9.17) is 9.15 Å². The summed E-state index contributed by atoms with van der Waals surface area (Å²) in [6.07, 6.45) is 1.43. The van der Waals surface area contributed by atoms with E-state index >= 15 is 0 Å². The van der Waals surface area contributed by atoms with Crippen LogP contribution in [0.5, 0.6) is 0 Å². The van der Waals surface area contributed by atoms with E-state index in [1.54, 1.807) is 37.5 Å². The van der Waals surface area contributed by atoms with Gasteiger partial charge in [-0.05, 0) is 59.2 Å². The van der Waals surface area contributed by atoms with Crippen molar-refractivity contribution in [3.63, 3.8) is 0 Å². The lowest BCUT2D eigenvalue weighted by molar-refractivity contribution is 0.0512. The first kappa shape index (κ1) is 21.5. The first-order valence-electron chi connectivity index (χ1n) is 9.55. The van der Waals surface area contributed by atoms with Gasteiger partial charge in [-0.15, -0.1) is 0 Å². The molecule has 0 N–H and O–H groups in total. The van der Waals surface area contributed by atoms with Crippen molar-refractivity contribution in [2.75, 3.05) is 13.2 Å². The minimum absolute atomic E-state index is 0.188. The molecule has 0 fully saturated rings. The molecule has 2 rings (SSSR count). The Hall–Kier alpha value is -2.83. The Morgan fingerprint density at radius 1 is 1.21 bits per heavy atom. The van der Waals surface area contributed by atoms with E-state index in [1.807, 2.05) is 20.8 Å². The molecule has 152 valence electrons. The summed E-state index contributed by atoms with van der Waals surface area (Å²) < 4.78 is 12.1. The predicted molar refractivity (Wildman–Crippen MR) is 105 cm³/mol. The lowest BCUT2D eigenvalue weighted by Crippen LogP contribution is -2.43. The smallest absolute Gasteiger partial charge is 0.355 e. The van der Waals surface area contributed by atoms with E-state index in [0.717, 1.165) is 0 Å². The number of nitrogens with zero attached hydrogens (tertiary/aromatic N) is 2. The van der Waals surface area contributed by atoms with Gasteiger partial charge >= 0.3 is 5.97 Å². The van der Waals surface area contributed by atoms with Crippen LogP contribution in [0.4, 0.5) is 0 Å². The molecule has 0 radical (unpaired) electrons. The van der Waals surface area contributed by atoms with E-state index < -0.39 is 12.0 Å². The van der Waals surface area contributed by atoms with Crippen LogP contribution in [0, 0.1) is 13.8 Å². The number of aromatic nitrogens is 1. The second-order valence-electron chi connectivity index (χ2n) is 6.51. The maximum Gasteiger partial charge on any atom is 0.355 e. The van der Waals surface area contributed by atoms with Crippen molar-refractivity contribution in [2.24, 2.45) is 0 Å². The van der Waals surface area contributed by atoms with E-state index in [9.17, 15) is 14.4 Å². The van der Waals surface area contributed by atoms with E-state index in [1.165, 1.54) is 11.2 Å². The van der Waals surface area contributed by atoms with Gasteiger partial charge in [0, 0.05) is 24.3 Å². The summed E-state index contributed by atoms with van der Waals surface area (Å²) in [5.41, 5.74) is 2.12. The highest BCUT2D eigenvalue weighted by Gasteiger charge is 2.33. The van der Waals surface area contributed by atoms with Crippen molar-refractivity contribution in [2.45, 2.75) is 54.1 Å². The molecule has 0 aliphatic heterocycles. The minimum atomic E-state index is -0.706. The van der Waals surface area contributed by atoms with Gasteiger partial charge in [-0.1, -0.05) is 0 Å². The standard InChI is InChI=1S/C21H28N2O5/c1-7-22-14(5)17(13(4)18(22)21(26)27-9-3)19(24)15(6)23(8-2)20(25)16-11-10-12-28-16/h10-12,15H,7-9H2,1-6H3. The van der Waals surface area contributed by atoms with Gasteiger partial charge in [0.05, 0.1) is 18.9 Å². The number of ether oxygens (including phenoxy) is 1. The van der Waals surface area contributed by atoms with Crippen molar-refractivity contribution in [1.82, 2.24) is 9.47 Å². The summed E-state index contributed by atoms with van der Waals surface area (Å²) >= 11 is 0. The number of ketones is 1. The second-order valence-corrected chi connectivity index (χ2v) is 6.51. The van der Waals surface area contributed by atoms with E-state index in [2.05, 4.69) is 0 Å². The molecule has 0 aromatic carbocycles. The molecule has 2 heterocycles. The van der Waals surface area contributed by atoms with Crippen LogP contribution in [0.3, 0.4) is 0 Å². The van der Waals surface area contributed by atoms with Crippen molar-refractivity contribution < 1.29 is 23.5 Å². The molecule has 28 heavy (non-hydrogen) atoms. The number of furan rings is 1. The number of amides is 1. The first-order valence-corrected chi connectivity index (χ1v) is 9.55. The molecule has 0 aliphatic carbocycles. The number of carbonyl (C=O) groups is 3. The summed E-state index contributed by atoms with van der Waals surface area (Å²) in [6, 6.07) is 2.50. The number of esters is 1. The van der Waals surface area contributed by atoms with Gasteiger partial charge in [-0.3, -0.25) is 9.59 Å². The average Bonchev–Trinajstić information content (AvgIpc) is 3.28. The quantitative estimate of drug-likeness (QED) is 0.509. The Morgan fingerprint density at radius 2 is 1.89 bits per heavy atom. The van der Waals surface area contributed by atoms with Gasteiger partial charge in [-0.2, -0.15) is 0 Å². The summed E-state index contributed by atoms with van der Waals surface area (Å²) in [7, 11) is 0. The Bertz CT molecular complexity index is 864. The van der Waals surface area contributed by atoms with Crippen LogP contribution < -0.4 is 0 Å². The number of carbonyl (C=O) groups excluding carboxylic acids is 3. The molecule has 0 spiro atoms. The van der Waals surface area contributed by atoms with Crippen LogP contribution in [-0.4, -0.2) is 46.3 Å². The van der Waals surface area contributed by atoms with Crippen LogP contribution in [0.1, 0.15) is 70.4 Å². The molecular weight excluding hydrogens is 360 g/mol. The zero-order valence-electron chi connectivity index (χ0n) is 17.4. The molecule has 7 heteroatoms. The number of Topliss-reactive ketones (excluding diaryl/α,β-unsaturated/α-hetero) is 1. The maximum absolute atomic E-state index is 13.3. The molecule has 0 aliphatic rings. The van der Waals surface area contributed by atoms with Crippen molar-refractivity contribution in [1.29, 1.82) is 0 Å². The molecule has 0 saturated carbocycles. The molecule has 0 saturated heterocycles. The minimum Gasteiger partial charge on any atom is -0.461 e. The number of rotatable bonds is 8. The average molecular weight is 388 g/mol. The SMILES string of the molecule is CCOC(=O)c1c(C)c(C(=O)C(C)N(CC)C(=O)c2ccco2)c(C)n1CC. The fourth-order valence-electron chi connectivity index (χ4n) is 3.60.